The van der Waals surface area contributed by atoms with Crippen molar-refractivity contribution >= 4 is 14.6 Å². The predicted octanol–water partition coefficient (Wildman–Crippen LogP) is 4.15. The molecule has 0 aromatic heterocycles. The summed E-state index contributed by atoms with van der Waals surface area (Å²) in [6.45, 7) is 9.44. The molecule has 0 saturated heterocycles. The monoisotopic (exact) mass is 427 g/mol. The molecular formula is C20H39BN3O4P. The van der Waals surface area contributed by atoms with Crippen LogP contribution in [0.15, 0.2) is 0 Å². The fourth-order valence-electron chi connectivity index (χ4n) is 3.20. The molecule has 9 heteroatoms. The summed E-state index contributed by atoms with van der Waals surface area (Å²) in [5.74, 6) is 0. The Hall–Kier alpha value is -1.20. The van der Waals surface area contributed by atoms with Crippen LogP contribution in [0.4, 0.5) is 0 Å². The fourth-order valence-corrected chi connectivity index (χ4v) is 9.12. The first-order chi connectivity index (χ1) is 13.8. The molecule has 0 fully saturated rings. The van der Waals surface area contributed by atoms with Crippen LogP contribution in [0.25, 0.3) is 0 Å². The summed E-state index contributed by atoms with van der Waals surface area (Å²) in [5, 5.41) is 40.8. The summed E-state index contributed by atoms with van der Waals surface area (Å²) < 4.78 is 0. The Bertz CT molecular complexity index is 456. The molecule has 0 aromatic rings. The van der Waals surface area contributed by atoms with Crippen LogP contribution < -0.4 is 0 Å². The van der Waals surface area contributed by atoms with Gasteiger partial charge in [-0.15, -0.1) is 0 Å². The Balaban J connectivity index is 0. The molecule has 0 atom stereocenters. The first-order valence-corrected chi connectivity index (χ1v) is 13.6. The van der Waals surface area contributed by atoms with Crippen LogP contribution in [0, 0.1) is 34.0 Å². The van der Waals surface area contributed by atoms with Crippen LogP contribution in [0.1, 0.15) is 79.1 Å². The van der Waals surface area contributed by atoms with E-state index in [4.69, 9.17) is 25.8 Å². The van der Waals surface area contributed by atoms with E-state index >= 15 is 0 Å². The Morgan fingerprint density at radius 1 is 0.724 bits per heavy atom. The maximum Gasteiger partial charge on any atom is 0.662 e. The van der Waals surface area contributed by atoms with E-state index in [1.165, 1.54) is 69.6 Å². The minimum absolute atomic E-state index is 0.879. The number of rotatable bonds is 15. The molecule has 7 nitrogen and oxygen atoms in total. The number of unbranched alkanes of at least 4 members (excludes halogenated alkanes) is 4. The summed E-state index contributed by atoms with van der Waals surface area (Å²) in [6.07, 6.45) is 18.1. The van der Waals surface area contributed by atoms with Crippen LogP contribution in [0.5, 0.6) is 0 Å². The van der Waals surface area contributed by atoms with Crippen LogP contribution in [-0.2, 0) is 9.69 Å². The van der Waals surface area contributed by atoms with Gasteiger partial charge in [0, 0.05) is 0 Å². The minimum atomic E-state index is -2.47. The summed E-state index contributed by atoms with van der Waals surface area (Å²) in [7, 11) is -3.19. The smallest absolute Gasteiger partial charge is 0.400 e. The molecule has 0 rings (SSSR count). The van der Waals surface area contributed by atoms with Gasteiger partial charge in [0.15, 0.2) is 0 Å². The summed E-state index contributed by atoms with van der Waals surface area (Å²) >= 11 is 0. The van der Waals surface area contributed by atoms with Gasteiger partial charge in [-0.1, -0.05) is 0 Å². The molecule has 0 unspecified atom stereocenters. The van der Waals surface area contributed by atoms with Crippen molar-refractivity contribution in [2.24, 2.45) is 0 Å². The van der Waals surface area contributed by atoms with E-state index in [9.17, 15) is 0 Å². The molecule has 0 heterocycles. The zero-order valence-corrected chi connectivity index (χ0v) is 19.6. The van der Waals surface area contributed by atoms with Crippen molar-refractivity contribution < 1.29 is 19.7 Å². The third-order valence-corrected chi connectivity index (χ3v) is 10.6. The van der Waals surface area contributed by atoms with Crippen molar-refractivity contribution in [3.05, 3.63) is 0 Å². The van der Waals surface area contributed by atoms with Gasteiger partial charge in [-0.05, 0) is 0 Å². The zero-order chi connectivity index (χ0) is 22.6. The predicted molar refractivity (Wildman–Crippen MR) is 119 cm³/mol. The summed E-state index contributed by atoms with van der Waals surface area (Å²) in [4.78, 5) is 7.48. The van der Waals surface area contributed by atoms with Crippen LogP contribution in [0.3, 0.4) is 0 Å². The number of nitrogens with zero attached hydrogens (tertiary/aromatic N) is 3. The average molecular weight is 427 g/mol. The Morgan fingerprint density at radius 2 is 1.03 bits per heavy atom. The number of hydrogen-bond donors (Lipinski definition) is 2. The van der Waals surface area contributed by atoms with E-state index < -0.39 is 20.2 Å². The Labute approximate surface area is 178 Å². The second-order valence-electron chi connectivity index (χ2n) is 7.44. The second kappa shape index (κ2) is 18.8. The Kier molecular flexibility index (Phi) is 19.5. The fraction of sp³-hybridized carbons (Fsp3) is 0.850. The van der Waals surface area contributed by atoms with Crippen molar-refractivity contribution in [2.75, 3.05) is 24.6 Å². The largest absolute Gasteiger partial charge is 0.662 e. The molecule has 0 saturated carbocycles. The molecule has 29 heavy (non-hydrogen) atoms. The van der Waals surface area contributed by atoms with Gasteiger partial charge in [0.25, 0.3) is 0 Å². The van der Waals surface area contributed by atoms with Crippen molar-refractivity contribution in [2.45, 2.75) is 84.7 Å². The van der Waals surface area contributed by atoms with Crippen LogP contribution in [0.2, 0.25) is 0 Å². The third kappa shape index (κ3) is 14.4. The molecule has 0 aliphatic heterocycles. The standard InChI is InChI=1S/C16H37P.C4H2BN3O4/c1-5-9-13-17(14-10-6-2,15-11-7-3)16-12-8-4;6-1-4(2-7,3-8)11-12-5(9)10/h17H,5-16H2,1-4H3;9-10H. The van der Waals surface area contributed by atoms with Crippen LogP contribution in [-0.4, -0.2) is 47.6 Å². The molecule has 0 aliphatic rings. The third-order valence-electron chi connectivity index (χ3n) is 4.97. The molecule has 166 valence electrons. The zero-order valence-electron chi connectivity index (χ0n) is 18.6. The van der Waals surface area contributed by atoms with E-state index in [0.717, 1.165) is 0 Å². The van der Waals surface area contributed by atoms with Gasteiger partial charge in [0.1, 0.15) is 18.2 Å². The van der Waals surface area contributed by atoms with E-state index in [2.05, 4.69) is 37.4 Å². The minimum Gasteiger partial charge on any atom is -0.400 e. The second-order valence-corrected chi connectivity index (χ2v) is 12.4. The molecule has 0 aromatic carbocycles. The molecule has 0 bridgehead atoms. The van der Waals surface area contributed by atoms with E-state index in [0.29, 0.717) is 0 Å². The van der Waals surface area contributed by atoms with E-state index in [1.807, 2.05) is 0 Å². The van der Waals surface area contributed by atoms with Crippen molar-refractivity contribution in [3.8, 4) is 18.2 Å². The molecule has 0 aliphatic carbocycles. The van der Waals surface area contributed by atoms with Gasteiger partial charge in [0.2, 0.25) is 0 Å². The summed E-state index contributed by atoms with van der Waals surface area (Å²) in [5.41, 5.74) is -2.47. The quantitative estimate of drug-likeness (QED) is 0.174. The topological polar surface area (TPSA) is 130 Å². The summed E-state index contributed by atoms with van der Waals surface area (Å²) in [6, 6.07) is 3.54. The molecule has 2 N–H and O–H groups in total. The normalized spacial score (nSPS) is 11.4. The van der Waals surface area contributed by atoms with Gasteiger partial charge in [0.05, 0.1) is 0 Å². The first kappa shape index (κ1) is 30.0. The number of nitriles is 3. The SMILES string of the molecule is CCCC[PH](CCCC)(CCCC)CCCC.N#CC(C#N)(C#N)OOB(O)O. The van der Waals surface area contributed by atoms with Crippen molar-refractivity contribution in [3.63, 3.8) is 0 Å². The first-order valence-electron chi connectivity index (χ1n) is 10.8. The maximum absolute atomic E-state index is 8.23. The van der Waals surface area contributed by atoms with Gasteiger partial charge >= 0.3 is 124 Å². The molecule has 0 radical (unpaired) electrons. The van der Waals surface area contributed by atoms with Gasteiger partial charge in [-0.25, -0.2) is 4.81 Å². The Morgan fingerprint density at radius 3 is 1.24 bits per heavy atom. The van der Waals surface area contributed by atoms with Crippen LogP contribution >= 0.6 is 7.26 Å². The maximum atomic E-state index is 8.23. The number of hydrogen-bond acceptors (Lipinski definition) is 7. The van der Waals surface area contributed by atoms with E-state index in [-0.39, 0.29) is 0 Å². The molecule has 0 spiro atoms. The van der Waals surface area contributed by atoms with Gasteiger partial charge in [-0.3, -0.25) is 0 Å². The van der Waals surface area contributed by atoms with E-state index in [1.54, 1.807) is 24.6 Å². The molecular weight excluding hydrogens is 388 g/mol. The average Bonchev–Trinajstić information content (AvgIpc) is 2.74. The molecule has 0 amide bonds. The van der Waals surface area contributed by atoms with Crippen molar-refractivity contribution in [1.29, 1.82) is 15.8 Å². The van der Waals surface area contributed by atoms with Gasteiger partial charge < -0.3 is 10.0 Å². The van der Waals surface area contributed by atoms with Gasteiger partial charge in [-0.2, -0.15) is 20.7 Å². The van der Waals surface area contributed by atoms with Crippen molar-refractivity contribution in [1.82, 2.24) is 0 Å².